The van der Waals surface area contributed by atoms with Gasteiger partial charge in [0.25, 0.3) is 0 Å². The molecule has 21 heavy (non-hydrogen) atoms. The van der Waals surface area contributed by atoms with Crippen LogP contribution in [0.1, 0.15) is 61.7 Å². The van der Waals surface area contributed by atoms with E-state index in [2.05, 4.69) is 0 Å². The number of carbonyl (C=O) groups is 2. The smallest absolute Gasteiger partial charge is 0.227 e. The zero-order valence-electron chi connectivity index (χ0n) is 12.5. The first-order valence-corrected chi connectivity index (χ1v) is 8.18. The van der Waals surface area contributed by atoms with E-state index in [-0.39, 0.29) is 11.7 Å². The lowest BCUT2D eigenvalue weighted by molar-refractivity contribution is -0.119. The first-order valence-electron chi connectivity index (χ1n) is 8.18. The van der Waals surface area contributed by atoms with Crippen LogP contribution in [0.4, 0.5) is 5.69 Å². The fraction of sp³-hybridized carbons (Fsp3) is 0.556. The number of hydrogen-bond donors (Lipinski definition) is 0. The summed E-state index contributed by atoms with van der Waals surface area (Å²) in [4.78, 5) is 26.4. The average Bonchev–Trinajstić information content (AvgIpc) is 2.76. The molecule has 0 saturated heterocycles. The van der Waals surface area contributed by atoms with Gasteiger partial charge in [0.15, 0.2) is 5.78 Å². The fourth-order valence-electron chi connectivity index (χ4n) is 3.60. The van der Waals surface area contributed by atoms with Gasteiger partial charge in [0.05, 0.1) is 5.69 Å². The van der Waals surface area contributed by atoms with Crippen molar-refractivity contribution in [1.29, 1.82) is 0 Å². The number of carbonyl (C=O) groups excluding carboxylic acids is 2. The van der Waals surface area contributed by atoms with Crippen LogP contribution in [0.15, 0.2) is 24.3 Å². The Morgan fingerprint density at radius 2 is 1.81 bits per heavy atom. The third-order valence-corrected chi connectivity index (χ3v) is 4.80. The molecule has 0 bridgehead atoms. The normalized spacial score (nSPS) is 20.0. The van der Waals surface area contributed by atoms with Crippen LogP contribution in [0.2, 0.25) is 0 Å². The predicted octanol–water partition coefficient (Wildman–Crippen LogP) is 3.97. The Morgan fingerprint density at radius 1 is 1.10 bits per heavy atom. The van der Waals surface area contributed by atoms with Gasteiger partial charge < -0.3 is 4.90 Å². The highest BCUT2D eigenvalue weighted by atomic mass is 16.2. The second-order valence-electron chi connectivity index (χ2n) is 6.30. The van der Waals surface area contributed by atoms with Crippen molar-refractivity contribution < 1.29 is 9.59 Å². The summed E-state index contributed by atoms with van der Waals surface area (Å²) in [7, 11) is 0. The minimum Gasteiger partial charge on any atom is -0.311 e. The summed E-state index contributed by atoms with van der Waals surface area (Å²) in [5.41, 5.74) is 1.52. The maximum absolute atomic E-state index is 12.7. The molecule has 0 atom stereocenters. The number of benzene rings is 1. The van der Waals surface area contributed by atoms with E-state index in [1.165, 1.54) is 38.5 Å². The van der Waals surface area contributed by atoms with Gasteiger partial charge in [-0.25, -0.2) is 0 Å². The van der Waals surface area contributed by atoms with Crippen molar-refractivity contribution in [1.82, 2.24) is 0 Å². The van der Waals surface area contributed by atoms with Gasteiger partial charge in [-0.15, -0.1) is 0 Å². The van der Waals surface area contributed by atoms with Crippen molar-refractivity contribution in [2.24, 2.45) is 5.92 Å². The van der Waals surface area contributed by atoms with E-state index < -0.39 is 0 Å². The molecule has 1 heterocycles. The molecule has 3 heteroatoms. The highest BCUT2D eigenvalue weighted by Gasteiger charge is 2.28. The van der Waals surface area contributed by atoms with Gasteiger partial charge in [-0.2, -0.15) is 0 Å². The number of fused-ring (bicyclic) bond motifs is 1. The van der Waals surface area contributed by atoms with Crippen LogP contribution in [0.3, 0.4) is 0 Å². The third-order valence-electron chi connectivity index (χ3n) is 4.80. The summed E-state index contributed by atoms with van der Waals surface area (Å²) in [6, 6.07) is 7.51. The number of hydrogen-bond acceptors (Lipinski definition) is 2. The van der Waals surface area contributed by atoms with E-state index in [9.17, 15) is 9.59 Å². The van der Waals surface area contributed by atoms with Crippen LogP contribution >= 0.6 is 0 Å². The number of rotatable bonds is 2. The molecule has 1 saturated carbocycles. The molecule has 3 rings (SSSR count). The molecule has 2 aliphatic rings. The van der Waals surface area contributed by atoms with Crippen molar-refractivity contribution in [3.8, 4) is 0 Å². The van der Waals surface area contributed by atoms with Gasteiger partial charge in [-0.1, -0.05) is 37.8 Å². The molecule has 0 radical (unpaired) electrons. The van der Waals surface area contributed by atoms with Crippen LogP contribution in [0.25, 0.3) is 0 Å². The molecule has 1 aromatic rings. The van der Waals surface area contributed by atoms with Gasteiger partial charge in [-0.3, -0.25) is 9.59 Å². The van der Waals surface area contributed by atoms with Crippen LogP contribution < -0.4 is 4.90 Å². The van der Waals surface area contributed by atoms with Crippen LogP contribution in [-0.2, 0) is 4.79 Å². The lowest BCUT2D eigenvalue weighted by Crippen LogP contribution is -2.38. The molecule has 0 N–H and O–H groups in total. The minimum atomic E-state index is 0.157. The number of para-hydroxylation sites is 1. The van der Waals surface area contributed by atoms with Crippen LogP contribution in [0.5, 0.6) is 0 Å². The van der Waals surface area contributed by atoms with E-state index in [1.54, 1.807) is 0 Å². The minimum absolute atomic E-state index is 0.157. The molecule has 0 aromatic heterocycles. The van der Waals surface area contributed by atoms with Gasteiger partial charge in [0, 0.05) is 24.9 Å². The number of ketones is 1. The Hall–Kier alpha value is -1.64. The highest BCUT2D eigenvalue weighted by Crippen LogP contribution is 2.30. The molecule has 1 aliphatic heterocycles. The van der Waals surface area contributed by atoms with Gasteiger partial charge in [0.2, 0.25) is 5.91 Å². The molecular weight excluding hydrogens is 262 g/mol. The summed E-state index contributed by atoms with van der Waals surface area (Å²) < 4.78 is 0. The molecule has 1 fully saturated rings. The summed E-state index contributed by atoms with van der Waals surface area (Å²) in [5, 5.41) is 0. The number of Topliss-reactive ketones (excluding diaryl/α,β-unsaturated/α-hetero) is 1. The quantitative estimate of drug-likeness (QED) is 0.771. The van der Waals surface area contributed by atoms with Crippen molar-refractivity contribution >= 4 is 17.4 Å². The molecule has 0 unspecified atom stereocenters. The summed E-state index contributed by atoms with van der Waals surface area (Å²) in [6.45, 7) is 0.543. The monoisotopic (exact) mass is 285 g/mol. The SMILES string of the molecule is O=C1CCN(C(=O)CC2CCCCCC2)c2ccccc21. The summed E-state index contributed by atoms with van der Waals surface area (Å²) in [6.07, 6.45) is 8.59. The Labute approximate surface area is 126 Å². The summed E-state index contributed by atoms with van der Waals surface area (Å²) >= 11 is 0. The molecule has 1 aromatic carbocycles. The Morgan fingerprint density at radius 3 is 2.57 bits per heavy atom. The predicted molar refractivity (Wildman–Crippen MR) is 83.6 cm³/mol. The second kappa shape index (κ2) is 6.42. The number of anilines is 1. The van der Waals surface area contributed by atoms with Gasteiger partial charge >= 0.3 is 0 Å². The first kappa shape index (κ1) is 14.3. The van der Waals surface area contributed by atoms with Crippen molar-refractivity contribution in [3.63, 3.8) is 0 Å². The maximum Gasteiger partial charge on any atom is 0.227 e. The number of nitrogens with zero attached hydrogens (tertiary/aromatic N) is 1. The van der Waals surface area contributed by atoms with Crippen LogP contribution in [0, 0.1) is 5.92 Å². The highest BCUT2D eigenvalue weighted by molar-refractivity contribution is 6.08. The molecule has 1 aliphatic carbocycles. The molecule has 112 valence electrons. The van der Waals surface area contributed by atoms with Crippen molar-refractivity contribution in [2.75, 3.05) is 11.4 Å². The van der Waals surface area contributed by atoms with Crippen LogP contribution in [-0.4, -0.2) is 18.2 Å². The maximum atomic E-state index is 12.7. The first-order chi connectivity index (χ1) is 10.3. The zero-order chi connectivity index (χ0) is 14.7. The molecule has 0 spiro atoms. The van der Waals surface area contributed by atoms with Crippen molar-refractivity contribution in [2.45, 2.75) is 51.4 Å². The van der Waals surface area contributed by atoms with E-state index >= 15 is 0 Å². The third kappa shape index (κ3) is 3.17. The number of amides is 1. The molecule has 1 amide bonds. The largest absolute Gasteiger partial charge is 0.311 e. The average molecular weight is 285 g/mol. The van der Waals surface area contributed by atoms with E-state index in [0.29, 0.717) is 30.9 Å². The van der Waals surface area contributed by atoms with E-state index in [1.807, 2.05) is 29.2 Å². The van der Waals surface area contributed by atoms with E-state index in [0.717, 1.165) is 5.69 Å². The zero-order valence-corrected chi connectivity index (χ0v) is 12.5. The van der Waals surface area contributed by atoms with Gasteiger partial charge in [0.1, 0.15) is 0 Å². The van der Waals surface area contributed by atoms with Gasteiger partial charge in [-0.05, 0) is 30.9 Å². The Bertz CT molecular complexity index is 530. The Kier molecular flexibility index (Phi) is 4.37. The molecular formula is C18H23NO2. The van der Waals surface area contributed by atoms with E-state index in [4.69, 9.17) is 0 Å². The fourth-order valence-corrected chi connectivity index (χ4v) is 3.60. The second-order valence-corrected chi connectivity index (χ2v) is 6.30. The molecule has 3 nitrogen and oxygen atoms in total. The standard InChI is InChI=1S/C18H23NO2/c20-17-11-12-19(16-10-6-5-9-15(16)17)18(21)13-14-7-3-1-2-4-8-14/h5-6,9-10,14H,1-4,7-8,11-13H2. The Balaban J connectivity index is 1.73. The topological polar surface area (TPSA) is 37.4 Å². The summed E-state index contributed by atoms with van der Waals surface area (Å²) in [5.74, 6) is 0.885. The lowest BCUT2D eigenvalue weighted by Gasteiger charge is -2.30. The van der Waals surface area contributed by atoms with Crippen molar-refractivity contribution in [3.05, 3.63) is 29.8 Å². The lowest BCUT2D eigenvalue weighted by atomic mass is 9.94.